The summed E-state index contributed by atoms with van der Waals surface area (Å²) >= 11 is 0. The molecule has 1 aliphatic heterocycles. The Bertz CT molecular complexity index is 513. The van der Waals surface area contributed by atoms with Crippen molar-refractivity contribution in [1.29, 1.82) is 5.41 Å². The lowest BCUT2D eigenvalue weighted by Crippen LogP contribution is -2.58. The van der Waals surface area contributed by atoms with Crippen molar-refractivity contribution < 1.29 is 9.90 Å². The zero-order chi connectivity index (χ0) is 16.1. The number of rotatable bonds is 5. The summed E-state index contributed by atoms with van der Waals surface area (Å²) < 4.78 is 0. The summed E-state index contributed by atoms with van der Waals surface area (Å²) in [7, 11) is 0. The highest BCUT2D eigenvalue weighted by molar-refractivity contribution is 5.83. The Morgan fingerprint density at radius 1 is 1.27 bits per heavy atom. The van der Waals surface area contributed by atoms with E-state index in [-0.39, 0.29) is 17.8 Å². The number of hydrazine groups is 1. The van der Waals surface area contributed by atoms with Crippen molar-refractivity contribution in [3.8, 4) is 5.75 Å². The summed E-state index contributed by atoms with van der Waals surface area (Å²) in [5, 5.41) is 16.6. The molecule has 0 aromatic heterocycles. The van der Waals surface area contributed by atoms with Crippen LogP contribution in [0.2, 0.25) is 0 Å². The molecule has 0 aliphatic carbocycles. The fraction of sp³-hybridized carbons (Fsp3) is 0.429. The van der Waals surface area contributed by atoms with Crippen LogP contribution in [-0.4, -0.2) is 59.4 Å². The number of hydrogen-bond donors (Lipinski definition) is 5. The minimum Gasteiger partial charge on any atom is -0.508 e. The van der Waals surface area contributed by atoms with Gasteiger partial charge in [-0.05, 0) is 17.7 Å². The van der Waals surface area contributed by atoms with Crippen LogP contribution in [0.3, 0.4) is 0 Å². The number of nitrogens with two attached hydrogens (primary N) is 2. The quantitative estimate of drug-likeness (QED) is 0.269. The molecule has 8 heteroatoms. The van der Waals surface area contributed by atoms with E-state index in [0.29, 0.717) is 31.7 Å². The van der Waals surface area contributed by atoms with Gasteiger partial charge in [-0.1, -0.05) is 12.1 Å². The fourth-order valence-corrected chi connectivity index (χ4v) is 2.50. The lowest BCUT2D eigenvalue weighted by atomic mass is 10.1. The van der Waals surface area contributed by atoms with Crippen LogP contribution >= 0.6 is 0 Å². The monoisotopic (exact) mass is 306 g/mol. The van der Waals surface area contributed by atoms with E-state index < -0.39 is 6.04 Å². The maximum Gasteiger partial charge on any atom is 0.244 e. The Hall–Kier alpha value is -2.00. The highest BCUT2D eigenvalue weighted by Crippen LogP contribution is 2.18. The summed E-state index contributed by atoms with van der Waals surface area (Å²) in [6.07, 6.45) is 0.919. The molecule has 1 amide bonds. The normalized spacial score (nSPS) is 18.7. The second-order valence-corrected chi connectivity index (χ2v) is 5.21. The Morgan fingerprint density at radius 2 is 1.86 bits per heavy atom. The molecular formula is C14H22N6O2. The van der Waals surface area contributed by atoms with Gasteiger partial charge in [0.25, 0.3) is 0 Å². The third kappa shape index (κ3) is 3.60. The smallest absolute Gasteiger partial charge is 0.244 e. The largest absolute Gasteiger partial charge is 0.508 e. The average molecular weight is 306 g/mol. The molecule has 2 atom stereocenters. The highest BCUT2D eigenvalue weighted by Gasteiger charge is 2.28. The SMILES string of the molecule is N=CC(NN)N1CCN(C(=O)[C@H](N)c2ccc(O)cc2)CC1. The second-order valence-electron chi connectivity index (χ2n) is 5.21. The number of nitrogens with zero attached hydrogens (tertiary/aromatic N) is 2. The zero-order valence-electron chi connectivity index (χ0n) is 12.3. The number of phenolic OH excluding ortho intramolecular Hbond substituents is 1. The van der Waals surface area contributed by atoms with Crippen molar-refractivity contribution in [2.45, 2.75) is 12.2 Å². The van der Waals surface area contributed by atoms with Crippen LogP contribution in [0.5, 0.6) is 5.75 Å². The Kier molecular flexibility index (Phi) is 5.45. The molecule has 1 aromatic carbocycles. The van der Waals surface area contributed by atoms with Crippen LogP contribution < -0.4 is 17.0 Å². The third-order valence-electron chi connectivity index (χ3n) is 3.87. The summed E-state index contributed by atoms with van der Waals surface area (Å²) in [6, 6.07) is 5.59. The standard InChI is InChI=1S/C14H22N6O2/c15-9-12(18-17)19-5-7-20(8-6-19)14(22)13(16)10-1-3-11(21)4-2-10/h1-4,9,12-13,15,18,21H,5-8,16-17H2/t12?,13-/m1/s1. The van der Waals surface area contributed by atoms with Gasteiger partial charge in [-0.2, -0.15) is 0 Å². The highest BCUT2D eigenvalue weighted by atomic mass is 16.3. The van der Waals surface area contributed by atoms with Gasteiger partial charge in [0.1, 0.15) is 18.0 Å². The van der Waals surface area contributed by atoms with Crippen LogP contribution in [0.1, 0.15) is 11.6 Å². The lowest BCUT2D eigenvalue weighted by Gasteiger charge is -2.38. The van der Waals surface area contributed by atoms with Gasteiger partial charge in [0.2, 0.25) is 5.91 Å². The Labute approximate surface area is 129 Å². The average Bonchev–Trinajstić information content (AvgIpc) is 2.56. The van der Waals surface area contributed by atoms with Gasteiger partial charge < -0.3 is 21.1 Å². The summed E-state index contributed by atoms with van der Waals surface area (Å²) in [4.78, 5) is 16.1. The molecule has 0 radical (unpaired) electrons. The minimum atomic E-state index is -0.738. The molecule has 1 fully saturated rings. The van der Waals surface area contributed by atoms with Crippen molar-refractivity contribution >= 4 is 12.1 Å². The van der Waals surface area contributed by atoms with Crippen LogP contribution in [0.25, 0.3) is 0 Å². The number of carbonyl (C=O) groups is 1. The molecule has 22 heavy (non-hydrogen) atoms. The van der Waals surface area contributed by atoms with Gasteiger partial charge in [-0.3, -0.25) is 15.5 Å². The molecule has 1 aromatic rings. The first-order valence-electron chi connectivity index (χ1n) is 7.11. The van der Waals surface area contributed by atoms with Gasteiger partial charge in [0, 0.05) is 32.4 Å². The number of benzene rings is 1. The number of nitrogens with one attached hydrogen (secondary N) is 2. The Morgan fingerprint density at radius 3 is 2.36 bits per heavy atom. The van der Waals surface area contributed by atoms with Gasteiger partial charge in [0.05, 0.1) is 0 Å². The first kappa shape index (κ1) is 16.4. The van der Waals surface area contributed by atoms with Crippen molar-refractivity contribution in [3.05, 3.63) is 29.8 Å². The molecule has 1 heterocycles. The van der Waals surface area contributed by atoms with Gasteiger partial charge in [-0.25, -0.2) is 5.43 Å². The molecule has 1 aliphatic rings. The summed E-state index contributed by atoms with van der Waals surface area (Å²) in [5.74, 6) is 5.38. The molecular weight excluding hydrogens is 284 g/mol. The topological polar surface area (TPSA) is 132 Å². The van der Waals surface area contributed by atoms with E-state index in [0.717, 1.165) is 0 Å². The zero-order valence-corrected chi connectivity index (χ0v) is 12.3. The van der Waals surface area contributed by atoms with E-state index in [1.165, 1.54) is 18.3 Å². The van der Waals surface area contributed by atoms with Crippen LogP contribution in [0.15, 0.2) is 24.3 Å². The predicted molar refractivity (Wildman–Crippen MR) is 83.1 cm³/mol. The van der Waals surface area contributed by atoms with E-state index in [1.807, 2.05) is 4.90 Å². The maximum atomic E-state index is 12.4. The molecule has 0 saturated carbocycles. The van der Waals surface area contributed by atoms with Crippen molar-refractivity contribution in [2.75, 3.05) is 26.2 Å². The van der Waals surface area contributed by atoms with Crippen LogP contribution in [0.4, 0.5) is 0 Å². The number of hydrogen-bond acceptors (Lipinski definition) is 7. The van der Waals surface area contributed by atoms with Gasteiger partial charge >= 0.3 is 0 Å². The van der Waals surface area contributed by atoms with Crippen molar-refractivity contribution in [3.63, 3.8) is 0 Å². The number of phenols is 1. The van der Waals surface area contributed by atoms with Gasteiger partial charge in [-0.15, -0.1) is 0 Å². The molecule has 120 valence electrons. The molecule has 0 spiro atoms. The van der Waals surface area contributed by atoms with Gasteiger partial charge in [0.15, 0.2) is 0 Å². The van der Waals surface area contributed by atoms with E-state index in [2.05, 4.69) is 5.43 Å². The predicted octanol–water partition coefficient (Wildman–Crippen LogP) is -1.02. The van der Waals surface area contributed by atoms with E-state index >= 15 is 0 Å². The van der Waals surface area contributed by atoms with Crippen LogP contribution in [0, 0.1) is 5.41 Å². The molecule has 7 N–H and O–H groups in total. The van der Waals surface area contributed by atoms with Crippen molar-refractivity contribution in [1.82, 2.24) is 15.2 Å². The van der Waals surface area contributed by atoms with E-state index in [1.54, 1.807) is 17.0 Å². The first-order valence-corrected chi connectivity index (χ1v) is 7.11. The maximum absolute atomic E-state index is 12.4. The third-order valence-corrected chi connectivity index (χ3v) is 3.87. The molecule has 2 rings (SSSR count). The molecule has 1 saturated heterocycles. The first-order chi connectivity index (χ1) is 10.6. The number of piperazine rings is 1. The number of aromatic hydroxyl groups is 1. The summed E-state index contributed by atoms with van der Waals surface area (Å²) in [6.45, 7) is 2.32. The number of amides is 1. The molecule has 1 unspecified atom stereocenters. The van der Waals surface area contributed by atoms with Crippen molar-refractivity contribution in [2.24, 2.45) is 11.6 Å². The van der Waals surface area contributed by atoms with E-state index in [9.17, 15) is 9.90 Å². The fourth-order valence-electron chi connectivity index (χ4n) is 2.50. The second kappa shape index (κ2) is 7.32. The Balaban J connectivity index is 1.94. The minimum absolute atomic E-state index is 0.141. The lowest BCUT2D eigenvalue weighted by molar-refractivity contribution is -0.134. The van der Waals surface area contributed by atoms with E-state index in [4.69, 9.17) is 17.0 Å². The number of carbonyl (C=O) groups excluding carboxylic acids is 1. The molecule has 8 nitrogen and oxygen atoms in total. The van der Waals surface area contributed by atoms with Crippen LogP contribution in [-0.2, 0) is 4.79 Å². The summed E-state index contributed by atoms with van der Waals surface area (Å²) in [5.41, 5.74) is 9.23. The molecule has 0 bridgehead atoms.